The second-order valence-corrected chi connectivity index (χ2v) is 9.03. The standard InChI is InChI=1S/C20H22N4O5S2/c1-4-11-24(12-5-2)31(28,29)16-8-6-15(7-9-16)18(26)21-20-17(10-13-30-20)19(27)23-22-14(3)25/h4-10,13H,1-2,11-12H2,3H3,(H,21,26)(H,22,25)(H,23,27). The molecule has 0 aliphatic heterocycles. The molecule has 0 saturated heterocycles. The van der Waals surface area contributed by atoms with Gasteiger partial charge in [0.1, 0.15) is 5.00 Å². The first-order chi connectivity index (χ1) is 14.7. The average molecular weight is 463 g/mol. The van der Waals surface area contributed by atoms with Crippen LogP contribution in [0.2, 0.25) is 0 Å². The van der Waals surface area contributed by atoms with Crippen molar-refractivity contribution in [2.75, 3.05) is 18.4 Å². The van der Waals surface area contributed by atoms with E-state index >= 15 is 0 Å². The molecule has 2 aromatic rings. The minimum Gasteiger partial charge on any atom is -0.313 e. The molecular formula is C20H22N4O5S2. The Labute approximate surface area is 184 Å². The van der Waals surface area contributed by atoms with Crippen LogP contribution in [0.4, 0.5) is 5.00 Å². The minimum atomic E-state index is -3.78. The number of sulfonamides is 1. The van der Waals surface area contributed by atoms with Crippen LogP contribution in [0.25, 0.3) is 0 Å². The van der Waals surface area contributed by atoms with Gasteiger partial charge in [-0.15, -0.1) is 24.5 Å². The molecule has 0 aliphatic carbocycles. The van der Waals surface area contributed by atoms with Crippen LogP contribution in [0.3, 0.4) is 0 Å². The number of nitrogens with zero attached hydrogens (tertiary/aromatic N) is 1. The quantitative estimate of drug-likeness (QED) is 0.389. The highest BCUT2D eigenvalue weighted by Gasteiger charge is 2.23. The maximum atomic E-state index is 12.7. The first-order valence-corrected chi connectivity index (χ1v) is 11.3. The molecule has 0 unspecified atom stereocenters. The molecule has 0 radical (unpaired) electrons. The summed E-state index contributed by atoms with van der Waals surface area (Å²) in [4.78, 5) is 35.6. The Morgan fingerprint density at radius 2 is 1.61 bits per heavy atom. The predicted molar refractivity (Wildman–Crippen MR) is 119 cm³/mol. The molecule has 0 fully saturated rings. The zero-order chi connectivity index (χ0) is 23.0. The Morgan fingerprint density at radius 1 is 1.00 bits per heavy atom. The molecule has 164 valence electrons. The van der Waals surface area contributed by atoms with Crippen molar-refractivity contribution in [2.45, 2.75) is 11.8 Å². The van der Waals surface area contributed by atoms with Gasteiger partial charge in [0.05, 0.1) is 10.5 Å². The Kier molecular flexibility index (Phi) is 8.25. The molecule has 1 aromatic carbocycles. The maximum absolute atomic E-state index is 12.7. The smallest absolute Gasteiger partial charge is 0.272 e. The van der Waals surface area contributed by atoms with E-state index in [2.05, 4.69) is 29.3 Å². The van der Waals surface area contributed by atoms with E-state index in [0.29, 0.717) is 0 Å². The highest BCUT2D eigenvalue weighted by molar-refractivity contribution is 7.89. The molecule has 2 rings (SSSR count). The number of thiophene rings is 1. The molecule has 0 saturated carbocycles. The van der Waals surface area contributed by atoms with Crippen molar-refractivity contribution in [3.05, 3.63) is 72.1 Å². The number of hydrogen-bond donors (Lipinski definition) is 3. The number of carbonyl (C=O) groups excluding carboxylic acids is 3. The molecule has 11 heteroatoms. The summed E-state index contributed by atoms with van der Waals surface area (Å²) in [7, 11) is -3.78. The number of anilines is 1. The van der Waals surface area contributed by atoms with Crippen LogP contribution in [0.15, 0.2) is 65.9 Å². The minimum absolute atomic E-state index is 0.0271. The fraction of sp³-hybridized carbons (Fsp3) is 0.150. The summed E-state index contributed by atoms with van der Waals surface area (Å²) < 4.78 is 26.7. The summed E-state index contributed by atoms with van der Waals surface area (Å²) in [6.45, 7) is 8.61. The molecule has 3 amide bonds. The van der Waals surface area contributed by atoms with E-state index in [9.17, 15) is 22.8 Å². The van der Waals surface area contributed by atoms with Gasteiger partial charge in [-0.05, 0) is 35.7 Å². The first kappa shape index (κ1) is 24.0. The molecule has 31 heavy (non-hydrogen) atoms. The van der Waals surface area contributed by atoms with Gasteiger partial charge in [-0.2, -0.15) is 4.31 Å². The van der Waals surface area contributed by atoms with Crippen molar-refractivity contribution in [3.8, 4) is 0 Å². The topological polar surface area (TPSA) is 125 Å². The third-order valence-electron chi connectivity index (χ3n) is 3.91. The summed E-state index contributed by atoms with van der Waals surface area (Å²) in [5.74, 6) is -1.55. The van der Waals surface area contributed by atoms with Gasteiger partial charge < -0.3 is 5.32 Å². The van der Waals surface area contributed by atoms with E-state index in [1.807, 2.05) is 0 Å². The van der Waals surface area contributed by atoms with Gasteiger partial charge in [0.15, 0.2) is 0 Å². The Hall–Kier alpha value is -3.28. The van der Waals surface area contributed by atoms with Crippen molar-refractivity contribution in [1.82, 2.24) is 15.2 Å². The predicted octanol–water partition coefficient (Wildman–Crippen LogP) is 2.14. The van der Waals surface area contributed by atoms with E-state index in [4.69, 9.17) is 0 Å². The first-order valence-electron chi connectivity index (χ1n) is 8.98. The maximum Gasteiger partial charge on any atom is 0.272 e. The summed E-state index contributed by atoms with van der Waals surface area (Å²) in [5.41, 5.74) is 4.78. The highest BCUT2D eigenvalue weighted by atomic mass is 32.2. The van der Waals surface area contributed by atoms with E-state index in [-0.39, 0.29) is 34.1 Å². The third kappa shape index (κ3) is 6.10. The molecule has 3 N–H and O–H groups in total. The number of nitrogens with one attached hydrogen (secondary N) is 3. The monoisotopic (exact) mass is 462 g/mol. The lowest BCUT2D eigenvalue weighted by atomic mass is 10.2. The second kappa shape index (κ2) is 10.7. The summed E-state index contributed by atoms with van der Waals surface area (Å²) in [5, 5.41) is 4.51. The van der Waals surface area contributed by atoms with Gasteiger partial charge in [-0.1, -0.05) is 12.2 Å². The van der Waals surface area contributed by atoms with Crippen LogP contribution in [0.5, 0.6) is 0 Å². The lowest BCUT2D eigenvalue weighted by Crippen LogP contribution is -2.40. The van der Waals surface area contributed by atoms with Gasteiger partial charge in [0.2, 0.25) is 15.9 Å². The van der Waals surface area contributed by atoms with Crippen LogP contribution in [-0.4, -0.2) is 43.5 Å². The Morgan fingerprint density at radius 3 is 2.16 bits per heavy atom. The zero-order valence-corrected chi connectivity index (χ0v) is 18.4. The Bertz CT molecular complexity index is 1080. The number of benzene rings is 1. The normalized spacial score (nSPS) is 10.9. The van der Waals surface area contributed by atoms with Gasteiger partial charge in [0, 0.05) is 25.6 Å². The molecular weight excluding hydrogens is 440 g/mol. The van der Waals surface area contributed by atoms with E-state index in [0.717, 1.165) is 11.3 Å². The average Bonchev–Trinajstić information content (AvgIpc) is 3.20. The van der Waals surface area contributed by atoms with Crippen LogP contribution in [0, 0.1) is 0 Å². The molecule has 1 heterocycles. The summed E-state index contributed by atoms with van der Waals surface area (Å²) in [6, 6.07) is 6.94. The van der Waals surface area contributed by atoms with Crippen molar-refractivity contribution in [1.29, 1.82) is 0 Å². The molecule has 0 spiro atoms. The van der Waals surface area contributed by atoms with Crippen LogP contribution >= 0.6 is 11.3 Å². The fourth-order valence-electron chi connectivity index (χ4n) is 2.46. The van der Waals surface area contributed by atoms with Gasteiger partial charge >= 0.3 is 0 Å². The molecule has 0 bridgehead atoms. The second-order valence-electron chi connectivity index (χ2n) is 6.18. The number of rotatable bonds is 9. The molecule has 0 aliphatic rings. The summed E-state index contributed by atoms with van der Waals surface area (Å²) in [6.07, 6.45) is 2.95. The van der Waals surface area contributed by atoms with E-state index in [1.165, 1.54) is 53.7 Å². The van der Waals surface area contributed by atoms with Gasteiger partial charge in [0.25, 0.3) is 11.8 Å². The Balaban J connectivity index is 2.16. The SMILES string of the molecule is C=CCN(CC=C)S(=O)(=O)c1ccc(C(=O)Nc2sccc2C(=O)NNC(C)=O)cc1. The van der Waals surface area contributed by atoms with Gasteiger partial charge in [-0.25, -0.2) is 8.42 Å². The van der Waals surface area contributed by atoms with Crippen molar-refractivity contribution < 1.29 is 22.8 Å². The summed E-state index contributed by atoms with van der Waals surface area (Å²) >= 11 is 1.13. The number of carbonyl (C=O) groups is 3. The van der Waals surface area contributed by atoms with Crippen LogP contribution in [-0.2, 0) is 14.8 Å². The molecule has 9 nitrogen and oxygen atoms in total. The number of amides is 3. The van der Waals surface area contributed by atoms with Crippen molar-refractivity contribution >= 4 is 44.1 Å². The van der Waals surface area contributed by atoms with Crippen molar-refractivity contribution in [2.24, 2.45) is 0 Å². The lowest BCUT2D eigenvalue weighted by molar-refractivity contribution is -0.119. The van der Waals surface area contributed by atoms with Crippen LogP contribution < -0.4 is 16.2 Å². The molecule has 0 atom stereocenters. The fourth-order valence-corrected chi connectivity index (χ4v) is 4.62. The lowest BCUT2D eigenvalue weighted by Gasteiger charge is -2.19. The zero-order valence-electron chi connectivity index (χ0n) is 16.8. The number of hydrazine groups is 1. The van der Waals surface area contributed by atoms with Gasteiger partial charge in [-0.3, -0.25) is 25.2 Å². The third-order valence-corrected chi connectivity index (χ3v) is 6.58. The van der Waals surface area contributed by atoms with Crippen molar-refractivity contribution in [3.63, 3.8) is 0 Å². The highest BCUT2D eigenvalue weighted by Crippen LogP contribution is 2.24. The molecule has 1 aromatic heterocycles. The van der Waals surface area contributed by atoms with E-state index in [1.54, 1.807) is 5.38 Å². The largest absolute Gasteiger partial charge is 0.313 e. The van der Waals surface area contributed by atoms with E-state index < -0.39 is 27.7 Å². The number of hydrogen-bond acceptors (Lipinski definition) is 6. The van der Waals surface area contributed by atoms with Crippen LogP contribution in [0.1, 0.15) is 27.6 Å².